The lowest BCUT2D eigenvalue weighted by Gasteiger charge is -2.19. The summed E-state index contributed by atoms with van der Waals surface area (Å²) in [6, 6.07) is 9.53. The lowest BCUT2D eigenvalue weighted by molar-refractivity contribution is 0.0600. The average Bonchev–Trinajstić information content (AvgIpc) is 3.02. The third kappa shape index (κ3) is 4.73. The molecular formula is C21H23N3O4. The van der Waals surface area contributed by atoms with Crippen LogP contribution in [0.1, 0.15) is 56.9 Å². The molecule has 1 aromatic heterocycles. The molecule has 2 amide bonds. The SMILES string of the molecule is COC(=O)c1cccc(NC(=O)c2ccnc(C(=O)N3CCCCCC3)c2)c1. The van der Waals surface area contributed by atoms with Crippen molar-refractivity contribution in [3.8, 4) is 0 Å². The summed E-state index contributed by atoms with van der Waals surface area (Å²) in [5.74, 6) is -1.01. The maximum Gasteiger partial charge on any atom is 0.337 e. The molecule has 0 aliphatic carbocycles. The molecule has 0 bridgehead atoms. The summed E-state index contributed by atoms with van der Waals surface area (Å²) < 4.78 is 4.69. The van der Waals surface area contributed by atoms with Crippen LogP contribution in [0.4, 0.5) is 5.69 Å². The summed E-state index contributed by atoms with van der Waals surface area (Å²) in [4.78, 5) is 42.9. The first kappa shape index (κ1) is 19.5. The minimum absolute atomic E-state index is 0.149. The zero-order valence-electron chi connectivity index (χ0n) is 15.8. The van der Waals surface area contributed by atoms with Crippen LogP contribution < -0.4 is 5.32 Å². The van der Waals surface area contributed by atoms with Crippen LogP contribution in [0, 0.1) is 0 Å². The number of esters is 1. The van der Waals surface area contributed by atoms with Crippen LogP contribution in [0.15, 0.2) is 42.6 Å². The molecule has 1 aliphatic heterocycles. The van der Waals surface area contributed by atoms with Crippen molar-refractivity contribution in [3.63, 3.8) is 0 Å². The quantitative estimate of drug-likeness (QED) is 0.822. The topological polar surface area (TPSA) is 88.6 Å². The number of hydrogen-bond acceptors (Lipinski definition) is 5. The van der Waals surface area contributed by atoms with E-state index < -0.39 is 5.97 Å². The van der Waals surface area contributed by atoms with Crippen LogP contribution in [0.3, 0.4) is 0 Å². The Morgan fingerprint density at radius 2 is 1.75 bits per heavy atom. The lowest BCUT2D eigenvalue weighted by atomic mass is 10.1. The van der Waals surface area contributed by atoms with E-state index in [1.165, 1.54) is 25.4 Å². The molecule has 1 fully saturated rings. The fourth-order valence-electron chi connectivity index (χ4n) is 3.17. The number of hydrogen-bond donors (Lipinski definition) is 1. The molecular weight excluding hydrogens is 358 g/mol. The maximum absolute atomic E-state index is 12.7. The first-order valence-corrected chi connectivity index (χ1v) is 9.33. The number of likely N-dealkylation sites (tertiary alicyclic amines) is 1. The number of anilines is 1. The highest BCUT2D eigenvalue weighted by Gasteiger charge is 2.20. The molecule has 2 heterocycles. The van der Waals surface area contributed by atoms with Crippen LogP contribution in [-0.4, -0.2) is 47.9 Å². The zero-order valence-corrected chi connectivity index (χ0v) is 15.8. The summed E-state index contributed by atoms with van der Waals surface area (Å²) in [7, 11) is 1.30. The molecule has 7 nitrogen and oxygen atoms in total. The Hall–Kier alpha value is -3.22. The van der Waals surface area contributed by atoms with Crippen molar-refractivity contribution < 1.29 is 19.1 Å². The molecule has 146 valence electrons. The van der Waals surface area contributed by atoms with Gasteiger partial charge in [0.15, 0.2) is 0 Å². The monoisotopic (exact) mass is 381 g/mol. The van der Waals surface area contributed by atoms with E-state index in [4.69, 9.17) is 0 Å². The molecule has 1 N–H and O–H groups in total. The highest BCUT2D eigenvalue weighted by molar-refractivity contribution is 6.06. The second-order valence-corrected chi connectivity index (χ2v) is 6.66. The van der Waals surface area contributed by atoms with Crippen molar-refractivity contribution in [3.05, 3.63) is 59.4 Å². The molecule has 0 unspecified atom stereocenters. The Bertz CT molecular complexity index is 873. The Morgan fingerprint density at radius 1 is 1.00 bits per heavy atom. The van der Waals surface area contributed by atoms with Gasteiger partial charge < -0.3 is 15.0 Å². The average molecular weight is 381 g/mol. The highest BCUT2D eigenvalue weighted by atomic mass is 16.5. The number of benzene rings is 1. The summed E-state index contributed by atoms with van der Waals surface area (Å²) >= 11 is 0. The third-order valence-electron chi connectivity index (χ3n) is 4.68. The van der Waals surface area contributed by atoms with Crippen LogP contribution in [0.5, 0.6) is 0 Å². The Morgan fingerprint density at radius 3 is 2.46 bits per heavy atom. The van der Waals surface area contributed by atoms with Gasteiger partial charge in [0.1, 0.15) is 5.69 Å². The number of rotatable bonds is 4. The van der Waals surface area contributed by atoms with Gasteiger partial charge in [-0.2, -0.15) is 0 Å². The van der Waals surface area contributed by atoms with Gasteiger partial charge in [-0.1, -0.05) is 18.9 Å². The van der Waals surface area contributed by atoms with Gasteiger partial charge in [0.25, 0.3) is 11.8 Å². The number of methoxy groups -OCH3 is 1. The minimum atomic E-state index is -0.481. The number of pyridine rings is 1. The predicted octanol–water partition coefficient (Wildman–Crippen LogP) is 3.14. The van der Waals surface area contributed by atoms with Crippen molar-refractivity contribution >= 4 is 23.5 Å². The molecule has 2 aromatic rings. The Labute approximate surface area is 163 Å². The van der Waals surface area contributed by atoms with Crippen LogP contribution in [0.2, 0.25) is 0 Å². The van der Waals surface area contributed by atoms with E-state index in [1.807, 2.05) is 0 Å². The number of amides is 2. The van der Waals surface area contributed by atoms with Gasteiger partial charge in [-0.25, -0.2) is 4.79 Å². The summed E-state index contributed by atoms with van der Waals surface area (Å²) in [6.45, 7) is 1.44. The van der Waals surface area contributed by atoms with Crippen molar-refractivity contribution in [2.75, 3.05) is 25.5 Å². The van der Waals surface area contributed by atoms with Crippen LogP contribution in [0.25, 0.3) is 0 Å². The number of carbonyl (C=O) groups is 3. The first-order chi connectivity index (χ1) is 13.6. The van der Waals surface area contributed by atoms with Crippen molar-refractivity contribution in [1.29, 1.82) is 0 Å². The van der Waals surface area contributed by atoms with Gasteiger partial charge in [0.2, 0.25) is 0 Å². The molecule has 0 radical (unpaired) electrons. The largest absolute Gasteiger partial charge is 0.465 e. The van der Waals surface area contributed by atoms with Gasteiger partial charge in [-0.3, -0.25) is 14.6 Å². The maximum atomic E-state index is 12.7. The summed E-state index contributed by atoms with van der Waals surface area (Å²) in [5, 5.41) is 2.73. The number of nitrogens with one attached hydrogen (secondary N) is 1. The van der Waals surface area contributed by atoms with E-state index in [-0.39, 0.29) is 17.5 Å². The molecule has 0 saturated carbocycles. The van der Waals surface area contributed by atoms with Gasteiger partial charge >= 0.3 is 5.97 Å². The van der Waals surface area contributed by atoms with Crippen molar-refractivity contribution in [2.45, 2.75) is 25.7 Å². The normalized spacial score (nSPS) is 14.1. The van der Waals surface area contributed by atoms with Gasteiger partial charge in [0, 0.05) is 30.5 Å². The van der Waals surface area contributed by atoms with Crippen LogP contribution >= 0.6 is 0 Å². The second-order valence-electron chi connectivity index (χ2n) is 6.66. The fraction of sp³-hybridized carbons (Fsp3) is 0.333. The number of aromatic nitrogens is 1. The van der Waals surface area contributed by atoms with Crippen molar-refractivity contribution in [2.24, 2.45) is 0 Å². The van der Waals surface area contributed by atoms with Gasteiger partial charge in [0.05, 0.1) is 12.7 Å². The van der Waals surface area contributed by atoms with Crippen molar-refractivity contribution in [1.82, 2.24) is 9.88 Å². The number of nitrogens with zero attached hydrogens (tertiary/aromatic N) is 2. The standard InChI is InChI=1S/C21H23N3O4/c1-28-21(27)16-7-6-8-17(13-16)23-19(25)15-9-10-22-18(14-15)20(26)24-11-4-2-3-5-12-24/h6-10,13-14H,2-5,11-12H2,1H3,(H,23,25). The van der Waals surface area contributed by atoms with E-state index in [9.17, 15) is 14.4 Å². The van der Waals surface area contributed by atoms with E-state index in [0.717, 1.165) is 38.8 Å². The van der Waals surface area contributed by atoms with E-state index >= 15 is 0 Å². The highest BCUT2D eigenvalue weighted by Crippen LogP contribution is 2.15. The molecule has 1 aliphatic rings. The smallest absolute Gasteiger partial charge is 0.337 e. The first-order valence-electron chi connectivity index (χ1n) is 9.33. The Balaban J connectivity index is 1.73. The number of ether oxygens (including phenoxy) is 1. The molecule has 1 aromatic carbocycles. The van der Waals surface area contributed by atoms with Gasteiger partial charge in [-0.15, -0.1) is 0 Å². The van der Waals surface area contributed by atoms with Crippen LogP contribution in [-0.2, 0) is 4.74 Å². The molecule has 7 heteroatoms. The minimum Gasteiger partial charge on any atom is -0.465 e. The fourth-order valence-corrected chi connectivity index (χ4v) is 3.17. The lowest BCUT2D eigenvalue weighted by Crippen LogP contribution is -2.32. The summed E-state index contributed by atoms with van der Waals surface area (Å²) in [6.07, 6.45) is 5.70. The van der Waals surface area contributed by atoms with E-state index in [1.54, 1.807) is 29.2 Å². The summed E-state index contributed by atoms with van der Waals surface area (Å²) in [5.41, 5.74) is 1.40. The Kier molecular flexibility index (Phi) is 6.37. The molecule has 0 atom stereocenters. The number of carbonyl (C=O) groups excluding carboxylic acids is 3. The van der Waals surface area contributed by atoms with Gasteiger partial charge in [-0.05, 0) is 43.2 Å². The molecule has 0 spiro atoms. The zero-order chi connectivity index (χ0) is 19.9. The molecule has 28 heavy (non-hydrogen) atoms. The molecule has 1 saturated heterocycles. The third-order valence-corrected chi connectivity index (χ3v) is 4.68. The second kappa shape index (κ2) is 9.12. The molecule has 3 rings (SSSR count). The van der Waals surface area contributed by atoms with E-state index in [2.05, 4.69) is 15.0 Å². The predicted molar refractivity (Wildman–Crippen MR) is 104 cm³/mol. The van der Waals surface area contributed by atoms with E-state index in [0.29, 0.717) is 16.8 Å².